The molecule has 216 valence electrons. The Hall–Kier alpha value is -3.01. The van der Waals surface area contributed by atoms with Crippen LogP contribution in [0.3, 0.4) is 0 Å². The number of benzene rings is 3. The van der Waals surface area contributed by atoms with Crippen LogP contribution in [0.15, 0.2) is 78.9 Å². The van der Waals surface area contributed by atoms with Crippen molar-refractivity contribution in [3.8, 4) is 0 Å². The minimum Gasteiger partial charge on any atom is -0.432 e. The van der Waals surface area contributed by atoms with Crippen molar-refractivity contribution in [1.82, 2.24) is 4.90 Å². The standard InChI is InChI=1S/C32H37ClN2O5Si/c1-22-30(41(2,3)39)28(19-29(37)34(16-17-36)20-23-10-6-4-7-11-23)40-32(22)26-18-25(33)14-15-27(26)35(31(32)38)21-24-12-8-5-9-13-24/h4-15,18,22,28,30,36,39H,16-17,19-21H2,1-3H3/t22-,28+,30-,32+/m1/s1. The highest BCUT2D eigenvalue weighted by molar-refractivity contribution is 6.71. The van der Waals surface area contributed by atoms with Gasteiger partial charge in [0.2, 0.25) is 5.91 Å². The van der Waals surface area contributed by atoms with Gasteiger partial charge in [0, 0.05) is 35.1 Å². The van der Waals surface area contributed by atoms with Gasteiger partial charge in [-0.3, -0.25) is 9.59 Å². The number of halogens is 1. The Bertz CT molecular complexity index is 1400. The third kappa shape index (κ3) is 5.59. The van der Waals surface area contributed by atoms with Gasteiger partial charge in [0.15, 0.2) is 13.9 Å². The number of carbonyl (C=O) groups is 2. The van der Waals surface area contributed by atoms with Gasteiger partial charge in [-0.2, -0.15) is 0 Å². The fourth-order valence-electron chi connectivity index (χ4n) is 6.69. The lowest BCUT2D eigenvalue weighted by Crippen LogP contribution is -2.46. The maximum Gasteiger partial charge on any atom is 0.264 e. The summed E-state index contributed by atoms with van der Waals surface area (Å²) < 4.78 is 6.79. The number of aliphatic hydroxyl groups is 1. The number of amides is 2. The smallest absolute Gasteiger partial charge is 0.264 e. The minimum atomic E-state index is -2.95. The molecule has 41 heavy (non-hydrogen) atoms. The van der Waals surface area contributed by atoms with Crippen LogP contribution in [-0.2, 0) is 33.0 Å². The molecule has 2 amide bonds. The first-order valence-corrected chi connectivity index (χ1v) is 17.4. The Kier molecular flexibility index (Phi) is 8.41. The molecule has 7 nitrogen and oxygen atoms in total. The van der Waals surface area contributed by atoms with Crippen molar-refractivity contribution >= 4 is 37.4 Å². The fourth-order valence-corrected chi connectivity index (χ4v) is 9.42. The van der Waals surface area contributed by atoms with Crippen molar-refractivity contribution in [2.45, 2.75) is 56.8 Å². The summed E-state index contributed by atoms with van der Waals surface area (Å²) in [6.07, 6.45) is -0.698. The molecule has 4 atom stereocenters. The monoisotopic (exact) mass is 592 g/mol. The molecule has 0 aliphatic carbocycles. The number of rotatable bonds is 9. The first kappa shape index (κ1) is 29.5. The van der Waals surface area contributed by atoms with Crippen LogP contribution in [0.1, 0.15) is 30.0 Å². The molecule has 2 N–H and O–H groups in total. The summed E-state index contributed by atoms with van der Waals surface area (Å²) in [4.78, 5) is 43.0. The van der Waals surface area contributed by atoms with E-state index in [0.29, 0.717) is 23.7 Å². The Morgan fingerprint density at radius 1 is 1.05 bits per heavy atom. The molecule has 9 heteroatoms. The second-order valence-electron chi connectivity index (χ2n) is 11.6. The second kappa shape index (κ2) is 11.7. The molecule has 1 fully saturated rings. The molecule has 3 aromatic carbocycles. The molecule has 2 aliphatic heterocycles. The highest BCUT2D eigenvalue weighted by Crippen LogP contribution is 2.60. The van der Waals surface area contributed by atoms with Crippen LogP contribution in [0.2, 0.25) is 23.7 Å². The van der Waals surface area contributed by atoms with E-state index in [1.54, 1.807) is 21.9 Å². The number of fused-ring (bicyclic) bond motifs is 2. The summed E-state index contributed by atoms with van der Waals surface area (Å²) in [7, 11) is -2.95. The van der Waals surface area contributed by atoms with Crippen molar-refractivity contribution in [3.63, 3.8) is 0 Å². The third-order valence-corrected chi connectivity index (χ3v) is 11.2. The van der Waals surface area contributed by atoms with E-state index >= 15 is 0 Å². The highest BCUT2D eigenvalue weighted by Gasteiger charge is 2.66. The number of ether oxygens (including phenoxy) is 1. The largest absolute Gasteiger partial charge is 0.432 e. The topological polar surface area (TPSA) is 90.3 Å². The maximum atomic E-state index is 14.5. The minimum absolute atomic E-state index is 0.0115. The predicted octanol–water partition coefficient (Wildman–Crippen LogP) is 5.10. The zero-order valence-corrected chi connectivity index (χ0v) is 25.4. The van der Waals surface area contributed by atoms with E-state index in [9.17, 15) is 19.5 Å². The summed E-state index contributed by atoms with van der Waals surface area (Å²) in [6, 6.07) is 24.8. The van der Waals surface area contributed by atoms with E-state index in [-0.39, 0.29) is 31.4 Å². The van der Waals surface area contributed by atoms with Gasteiger partial charge in [0.25, 0.3) is 5.91 Å². The maximum absolute atomic E-state index is 14.5. The molecule has 0 radical (unpaired) electrons. The lowest BCUT2D eigenvalue weighted by atomic mass is 9.82. The Morgan fingerprint density at radius 2 is 1.68 bits per heavy atom. The van der Waals surface area contributed by atoms with Crippen LogP contribution >= 0.6 is 11.6 Å². The Labute approximate surface area is 247 Å². The van der Waals surface area contributed by atoms with Crippen LogP contribution in [0.5, 0.6) is 0 Å². The van der Waals surface area contributed by atoms with Gasteiger partial charge in [-0.05, 0) is 42.4 Å². The number of hydrogen-bond acceptors (Lipinski definition) is 5. The zero-order chi connectivity index (χ0) is 29.4. The molecule has 1 saturated heterocycles. The summed E-state index contributed by atoms with van der Waals surface area (Å²) in [5.74, 6) is -0.808. The van der Waals surface area contributed by atoms with Gasteiger partial charge in [-0.25, -0.2) is 0 Å². The van der Waals surface area contributed by atoms with Crippen molar-refractivity contribution in [2.75, 3.05) is 18.1 Å². The van der Waals surface area contributed by atoms with Gasteiger partial charge in [-0.15, -0.1) is 0 Å². The summed E-state index contributed by atoms with van der Waals surface area (Å²) in [6.45, 7) is 6.33. The van der Waals surface area contributed by atoms with Gasteiger partial charge in [-0.1, -0.05) is 79.2 Å². The normalized spacial score (nSPS) is 23.7. The Morgan fingerprint density at radius 3 is 2.29 bits per heavy atom. The average molecular weight is 593 g/mol. The van der Waals surface area contributed by atoms with Crippen LogP contribution in [-0.4, -0.2) is 54.2 Å². The van der Waals surface area contributed by atoms with E-state index in [1.807, 2.05) is 86.7 Å². The van der Waals surface area contributed by atoms with Gasteiger partial charge in [0.1, 0.15) is 0 Å². The molecule has 0 unspecified atom stereocenters. The predicted molar refractivity (Wildman–Crippen MR) is 162 cm³/mol. The molecule has 1 spiro atoms. The van der Waals surface area contributed by atoms with E-state index in [0.717, 1.165) is 16.8 Å². The number of nitrogens with zero attached hydrogens (tertiary/aromatic N) is 2. The van der Waals surface area contributed by atoms with Gasteiger partial charge < -0.3 is 24.4 Å². The molecule has 3 aromatic rings. The SMILES string of the molecule is C[C@@H]1[C@@H]([Si](C)(C)O)[C@H](CC(=O)N(CCO)Cc2ccccc2)O[C@@]12C(=O)N(Cc1ccccc1)c1ccc(Cl)cc12. The first-order chi connectivity index (χ1) is 19.6. The molecule has 0 bridgehead atoms. The fraction of sp³-hybridized carbons (Fsp3) is 0.375. The second-order valence-corrected chi connectivity index (χ2v) is 16.0. The van der Waals surface area contributed by atoms with Crippen LogP contribution in [0.25, 0.3) is 0 Å². The third-order valence-electron chi connectivity index (χ3n) is 8.44. The molecular formula is C32H37ClN2O5Si. The van der Waals surface area contributed by atoms with Crippen LogP contribution < -0.4 is 4.90 Å². The lowest BCUT2D eigenvalue weighted by Gasteiger charge is -2.32. The van der Waals surface area contributed by atoms with E-state index in [1.165, 1.54) is 0 Å². The van der Waals surface area contributed by atoms with Gasteiger partial charge in [0.05, 0.1) is 31.4 Å². The van der Waals surface area contributed by atoms with Crippen molar-refractivity contribution in [1.29, 1.82) is 0 Å². The number of aliphatic hydroxyl groups excluding tert-OH is 1. The van der Waals surface area contributed by atoms with E-state index in [4.69, 9.17) is 16.3 Å². The zero-order valence-electron chi connectivity index (χ0n) is 23.7. The molecule has 0 saturated carbocycles. The lowest BCUT2D eigenvalue weighted by molar-refractivity contribution is -0.150. The van der Waals surface area contributed by atoms with Crippen LogP contribution in [0, 0.1) is 5.92 Å². The molecule has 2 aliphatic rings. The summed E-state index contributed by atoms with van der Waals surface area (Å²) in [5.41, 5.74) is 1.55. The molecule has 5 rings (SSSR count). The van der Waals surface area contributed by atoms with E-state index < -0.39 is 31.5 Å². The van der Waals surface area contributed by atoms with Crippen molar-refractivity contribution < 1.29 is 24.2 Å². The van der Waals surface area contributed by atoms with Crippen LogP contribution in [0.4, 0.5) is 5.69 Å². The van der Waals surface area contributed by atoms with E-state index in [2.05, 4.69) is 0 Å². The molecule has 0 aromatic heterocycles. The number of anilines is 1. The highest BCUT2D eigenvalue weighted by atomic mass is 35.5. The summed E-state index contributed by atoms with van der Waals surface area (Å²) in [5, 5.41) is 10.2. The first-order valence-electron chi connectivity index (χ1n) is 14.0. The van der Waals surface area contributed by atoms with Gasteiger partial charge >= 0.3 is 0 Å². The quantitative estimate of drug-likeness (QED) is 0.338. The molecular weight excluding hydrogens is 556 g/mol. The number of carbonyl (C=O) groups excluding carboxylic acids is 2. The number of hydrogen-bond donors (Lipinski definition) is 2. The average Bonchev–Trinajstić information content (AvgIpc) is 3.36. The Balaban J connectivity index is 1.50. The van der Waals surface area contributed by atoms with Crippen molar-refractivity contribution in [2.24, 2.45) is 5.92 Å². The summed E-state index contributed by atoms with van der Waals surface area (Å²) >= 11 is 6.48. The van der Waals surface area contributed by atoms with Crippen molar-refractivity contribution in [3.05, 3.63) is 101 Å². The molecule has 2 heterocycles.